The molecule has 1 amide bonds. The molecular formula is C28H28N4O4S2. The Morgan fingerprint density at radius 2 is 1.84 bits per heavy atom. The van der Waals surface area contributed by atoms with Gasteiger partial charge in [0.15, 0.2) is 0 Å². The lowest BCUT2D eigenvalue weighted by Gasteiger charge is -2.33. The highest BCUT2D eigenvalue weighted by Gasteiger charge is 2.33. The van der Waals surface area contributed by atoms with E-state index in [9.17, 15) is 14.4 Å². The molecule has 5 rings (SSSR count). The van der Waals surface area contributed by atoms with Crippen LogP contribution in [0.3, 0.4) is 0 Å². The number of thiocarbonyl (C=S) groups is 1. The van der Waals surface area contributed by atoms with Gasteiger partial charge >= 0.3 is 5.97 Å². The first kappa shape index (κ1) is 26.1. The summed E-state index contributed by atoms with van der Waals surface area (Å²) in [5.74, 6) is -0.0925. The third kappa shape index (κ3) is 5.66. The van der Waals surface area contributed by atoms with Gasteiger partial charge in [-0.1, -0.05) is 60.4 Å². The molecule has 196 valence electrons. The maximum absolute atomic E-state index is 13.6. The molecule has 3 aromatic rings. The van der Waals surface area contributed by atoms with Gasteiger partial charge in [0.25, 0.3) is 11.5 Å². The van der Waals surface area contributed by atoms with E-state index in [-0.39, 0.29) is 24.4 Å². The van der Waals surface area contributed by atoms with Crippen LogP contribution < -0.4 is 10.5 Å². The molecule has 1 N–H and O–H groups in total. The van der Waals surface area contributed by atoms with E-state index >= 15 is 0 Å². The number of amides is 1. The predicted molar refractivity (Wildman–Crippen MR) is 153 cm³/mol. The number of benzene rings is 1. The van der Waals surface area contributed by atoms with E-state index in [4.69, 9.17) is 22.3 Å². The van der Waals surface area contributed by atoms with Crippen LogP contribution in [0.5, 0.6) is 0 Å². The number of aromatic nitrogens is 2. The van der Waals surface area contributed by atoms with Crippen LogP contribution in [0.2, 0.25) is 0 Å². The highest BCUT2D eigenvalue weighted by Crippen LogP contribution is 2.34. The number of piperidine rings is 1. The van der Waals surface area contributed by atoms with Crippen LogP contribution in [0.4, 0.5) is 5.82 Å². The van der Waals surface area contributed by atoms with Crippen molar-refractivity contribution in [3.05, 3.63) is 81.1 Å². The van der Waals surface area contributed by atoms with Crippen molar-refractivity contribution >= 4 is 57.7 Å². The lowest BCUT2D eigenvalue weighted by Crippen LogP contribution is -2.37. The van der Waals surface area contributed by atoms with Gasteiger partial charge in [0.2, 0.25) is 0 Å². The zero-order chi connectivity index (χ0) is 26.6. The summed E-state index contributed by atoms with van der Waals surface area (Å²) in [4.78, 5) is 46.4. The second-order valence-electron chi connectivity index (χ2n) is 9.53. The van der Waals surface area contributed by atoms with Crippen LogP contribution in [0, 0.1) is 5.92 Å². The molecule has 2 aliphatic rings. The number of aliphatic carboxylic acids is 1. The van der Waals surface area contributed by atoms with Crippen LogP contribution in [0.15, 0.2) is 64.4 Å². The maximum atomic E-state index is 13.6. The molecule has 2 aliphatic heterocycles. The Hall–Kier alpha value is -3.50. The van der Waals surface area contributed by atoms with Crippen molar-refractivity contribution in [2.75, 3.05) is 24.5 Å². The van der Waals surface area contributed by atoms with Crippen LogP contribution in [-0.4, -0.2) is 55.2 Å². The van der Waals surface area contributed by atoms with E-state index in [0.29, 0.717) is 38.6 Å². The monoisotopic (exact) mass is 548 g/mol. The number of hydrogen-bond acceptors (Lipinski definition) is 7. The summed E-state index contributed by atoms with van der Waals surface area (Å²) in [5.41, 5.74) is 2.01. The summed E-state index contributed by atoms with van der Waals surface area (Å²) < 4.78 is 1.86. The fourth-order valence-corrected chi connectivity index (χ4v) is 6.26. The summed E-state index contributed by atoms with van der Waals surface area (Å²) >= 11 is 6.53. The van der Waals surface area contributed by atoms with Crippen LogP contribution >= 0.6 is 24.0 Å². The van der Waals surface area contributed by atoms with Crippen molar-refractivity contribution in [1.82, 2.24) is 14.3 Å². The number of pyridine rings is 1. The highest BCUT2D eigenvalue weighted by atomic mass is 32.2. The molecule has 2 fully saturated rings. The number of anilines is 1. The summed E-state index contributed by atoms with van der Waals surface area (Å²) in [5, 5.41) is 8.93. The molecule has 1 aromatic carbocycles. The average Bonchev–Trinajstić information content (AvgIpc) is 3.18. The normalized spacial score (nSPS) is 17.6. The number of hydrogen-bond donors (Lipinski definition) is 1. The zero-order valence-corrected chi connectivity index (χ0v) is 22.4. The molecule has 8 nitrogen and oxygen atoms in total. The molecule has 0 aliphatic carbocycles. The number of carboxylic acid groups (broad SMARTS) is 1. The molecule has 0 spiro atoms. The number of carbonyl (C=O) groups is 2. The van der Waals surface area contributed by atoms with Crippen LogP contribution in [0.1, 0.15) is 36.8 Å². The van der Waals surface area contributed by atoms with Gasteiger partial charge in [-0.3, -0.25) is 23.7 Å². The van der Waals surface area contributed by atoms with E-state index < -0.39 is 5.97 Å². The van der Waals surface area contributed by atoms with Gasteiger partial charge in [-0.05, 0) is 55.4 Å². The van der Waals surface area contributed by atoms with E-state index in [0.717, 1.165) is 44.1 Å². The number of carboxylic acids is 1. The molecular weight excluding hydrogens is 520 g/mol. The van der Waals surface area contributed by atoms with Gasteiger partial charge in [-0.25, -0.2) is 4.98 Å². The first-order chi connectivity index (χ1) is 18.4. The molecule has 0 unspecified atom stereocenters. The topological polar surface area (TPSA) is 95.2 Å². The molecule has 0 bridgehead atoms. The molecule has 4 heterocycles. The lowest BCUT2D eigenvalue weighted by atomic mass is 9.90. The summed E-state index contributed by atoms with van der Waals surface area (Å²) in [6, 6.07) is 15.9. The predicted octanol–water partition coefficient (Wildman–Crippen LogP) is 4.22. The molecule has 0 radical (unpaired) electrons. The molecule has 2 aromatic heterocycles. The number of thioether (sulfide) groups is 1. The van der Waals surface area contributed by atoms with Gasteiger partial charge < -0.3 is 10.0 Å². The Morgan fingerprint density at radius 1 is 1.11 bits per heavy atom. The Balaban J connectivity index is 1.42. The molecule has 38 heavy (non-hydrogen) atoms. The SMILES string of the molecule is O=C(O)CCCN1C(=O)C(=Cc2c(N3CCC(Cc4ccccc4)CC3)nc3ccccn3c2=O)SC1=S. The Morgan fingerprint density at radius 3 is 2.58 bits per heavy atom. The fraction of sp³-hybridized carbons (Fsp3) is 0.321. The number of nitrogens with zero attached hydrogens (tertiary/aromatic N) is 4. The number of fused-ring (bicyclic) bond motifs is 1. The number of rotatable bonds is 8. The second kappa shape index (κ2) is 11.5. The maximum Gasteiger partial charge on any atom is 0.303 e. The molecule has 0 atom stereocenters. The molecule has 10 heteroatoms. The van der Waals surface area contributed by atoms with E-state index in [1.54, 1.807) is 24.4 Å². The lowest BCUT2D eigenvalue weighted by molar-refractivity contribution is -0.137. The minimum atomic E-state index is -0.918. The molecule has 2 saturated heterocycles. The second-order valence-corrected chi connectivity index (χ2v) is 11.2. The van der Waals surface area contributed by atoms with Gasteiger partial charge in [0.1, 0.15) is 15.8 Å². The first-order valence-corrected chi connectivity index (χ1v) is 13.9. The van der Waals surface area contributed by atoms with Crippen LogP contribution in [0.25, 0.3) is 11.7 Å². The molecule has 0 saturated carbocycles. The quantitative estimate of drug-likeness (QED) is 0.330. The summed E-state index contributed by atoms with van der Waals surface area (Å²) in [6.45, 7) is 1.76. The largest absolute Gasteiger partial charge is 0.481 e. The van der Waals surface area contributed by atoms with E-state index in [2.05, 4.69) is 29.2 Å². The zero-order valence-electron chi connectivity index (χ0n) is 20.8. The van der Waals surface area contributed by atoms with Crippen molar-refractivity contribution in [1.29, 1.82) is 0 Å². The minimum Gasteiger partial charge on any atom is -0.481 e. The van der Waals surface area contributed by atoms with Gasteiger partial charge in [-0.2, -0.15) is 0 Å². The van der Waals surface area contributed by atoms with Crippen molar-refractivity contribution in [2.24, 2.45) is 5.92 Å². The van der Waals surface area contributed by atoms with Gasteiger partial charge in [0, 0.05) is 32.3 Å². The minimum absolute atomic E-state index is 0.0452. The standard InChI is InChI=1S/C28H28N4O4S2/c33-24(34)10-6-14-32-27(36)22(38-28(32)37)18-21-25(29-23-9-4-5-13-31(23)26(21)35)30-15-11-20(12-16-30)17-19-7-2-1-3-8-19/h1-5,7-9,13,18,20H,6,10-12,14-17H2,(H,33,34). The third-order valence-corrected chi connectivity index (χ3v) is 8.33. The highest BCUT2D eigenvalue weighted by molar-refractivity contribution is 8.26. The summed E-state index contributed by atoms with van der Waals surface area (Å²) in [7, 11) is 0. The van der Waals surface area contributed by atoms with Crippen molar-refractivity contribution in [2.45, 2.75) is 32.1 Å². The first-order valence-electron chi connectivity index (χ1n) is 12.7. The Bertz CT molecular complexity index is 1460. The van der Waals surface area contributed by atoms with Crippen molar-refractivity contribution in [3.63, 3.8) is 0 Å². The average molecular weight is 549 g/mol. The van der Waals surface area contributed by atoms with Gasteiger partial charge in [0.05, 0.1) is 10.5 Å². The summed E-state index contributed by atoms with van der Waals surface area (Å²) in [6.07, 6.45) is 6.53. The third-order valence-electron chi connectivity index (χ3n) is 6.95. The Labute approximate surface area is 230 Å². The van der Waals surface area contributed by atoms with Crippen LogP contribution in [-0.2, 0) is 16.0 Å². The smallest absolute Gasteiger partial charge is 0.303 e. The van der Waals surface area contributed by atoms with E-state index in [1.807, 2.05) is 12.1 Å². The number of carbonyl (C=O) groups excluding carboxylic acids is 1. The fourth-order valence-electron chi connectivity index (χ4n) is 4.97. The van der Waals surface area contributed by atoms with Gasteiger partial charge in [-0.15, -0.1) is 0 Å². The van der Waals surface area contributed by atoms with E-state index in [1.165, 1.54) is 14.9 Å². The van der Waals surface area contributed by atoms with Crippen molar-refractivity contribution in [3.8, 4) is 0 Å². The Kier molecular flexibility index (Phi) is 7.90. The van der Waals surface area contributed by atoms with Crippen molar-refractivity contribution < 1.29 is 14.7 Å².